The van der Waals surface area contributed by atoms with Gasteiger partial charge in [-0.2, -0.15) is 0 Å². The summed E-state index contributed by atoms with van der Waals surface area (Å²) in [5.74, 6) is 0.514. The van der Waals surface area contributed by atoms with Crippen LogP contribution in [0.4, 0.5) is 0 Å². The van der Waals surface area contributed by atoms with E-state index < -0.39 is 5.41 Å². The maximum absolute atomic E-state index is 12.5. The van der Waals surface area contributed by atoms with E-state index in [0.29, 0.717) is 17.1 Å². The molecule has 0 radical (unpaired) electrons. The van der Waals surface area contributed by atoms with Gasteiger partial charge in [0, 0.05) is 6.07 Å². The number of esters is 1. The van der Waals surface area contributed by atoms with Crippen molar-refractivity contribution < 1.29 is 19.1 Å². The quantitative estimate of drug-likeness (QED) is 0.458. The monoisotopic (exact) mass is 336 g/mol. The van der Waals surface area contributed by atoms with Crippen molar-refractivity contribution in [2.24, 2.45) is 5.41 Å². The van der Waals surface area contributed by atoms with Crippen LogP contribution in [0.3, 0.4) is 0 Å². The van der Waals surface area contributed by atoms with E-state index in [2.05, 4.69) is 0 Å². The number of allylic oxidation sites excluding steroid dienone is 1. The molecule has 0 fully saturated rings. The minimum atomic E-state index is -0.605. The molecule has 0 unspecified atom stereocenters. The molecule has 0 aromatic heterocycles. The maximum Gasteiger partial charge on any atom is 0.316 e. The number of aryl methyl sites for hydroxylation is 1. The van der Waals surface area contributed by atoms with Crippen molar-refractivity contribution >= 4 is 17.8 Å². The molecule has 1 heterocycles. The Morgan fingerprint density at radius 1 is 1.08 bits per heavy atom. The van der Waals surface area contributed by atoms with E-state index in [-0.39, 0.29) is 17.5 Å². The lowest BCUT2D eigenvalue weighted by molar-refractivity contribution is -0.143. The van der Waals surface area contributed by atoms with Gasteiger partial charge in [-0.05, 0) is 51.5 Å². The lowest BCUT2D eigenvalue weighted by atomic mass is 9.97. The van der Waals surface area contributed by atoms with Gasteiger partial charge >= 0.3 is 5.97 Å². The molecule has 0 amide bonds. The molecule has 0 saturated carbocycles. The zero-order valence-corrected chi connectivity index (χ0v) is 14.8. The van der Waals surface area contributed by atoms with E-state index in [1.165, 1.54) is 0 Å². The van der Waals surface area contributed by atoms with Crippen LogP contribution in [-0.4, -0.2) is 11.8 Å². The molecule has 0 aliphatic carbocycles. The Balaban J connectivity index is 1.84. The predicted octanol–water partition coefficient (Wildman–Crippen LogP) is 4.56. The molecule has 0 bridgehead atoms. The molecule has 0 saturated heterocycles. The van der Waals surface area contributed by atoms with Gasteiger partial charge in [0.15, 0.2) is 5.76 Å². The van der Waals surface area contributed by atoms with Crippen LogP contribution in [0.5, 0.6) is 11.5 Å². The van der Waals surface area contributed by atoms with Crippen molar-refractivity contribution in [2.45, 2.75) is 27.7 Å². The Hall–Kier alpha value is -2.88. The fraction of sp³-hybridized carbons (Fsp3) is 0.238. The standard InChI is InChI=1S/C21H20O4/c1-13-5-7-14(8-6-13)11-18-19(22)16-10-9-15(12-17(16)25-18)24-20(23)21(2,3)4/h5-12H,1-4H3/b18-11-. The molecule has 0 N–H and O–H groups in total. The highest BCUT2D eigenvalue weighted by atomic mass is 16.5. The Morgan fingerprint density at radius 3 is 2.40 bits per heavy atom. The fourth-order valence-corrected chi connectivity index (χ4v) is 2.30. The van der Waals surface area contributed by atoms with Crippen LogP contribution in [0.15, 0.2) is 48.2 Å². The van der Waals surface area contributed by atoms with Crippen molar-refractivity contribution in [3.8, 4) is 11.5 Å². The van der Waals surface area contributed by atoms with Gasteiger partial charge in [0.05, 0.1) is 11.0 Å². The van der Waals surface area contributed by atoms with E-state index in [9.17, 15) is 9.59 Å². The van der Waals surface area contributed by atoms with E-state index in [0.717, 1.165) is 11.1 Å². The average molecular weight is 336 g/mol. The summed E-state index contributed by atoms with van der Waals surface area (Å²) >= 11 is 0. The van der Waals surface area contributed by atoms with Crippen LogP contribution >= 0.6 is 0 Å². The topological polar surface area (TPSA) is 52.6 Å². The van der Waals surface area contributed by atoms with Gasteiger partial charge in [0.25, 0.3) is 0 Å². The lowest BCUT2D eigenvalue weighted by Crippen LogP contribution is -2.25. The second-order valence-electron chi connectivity index (χ2n) is 7.15. The molecule has 4 heteroatoms. The van der Waals surface area contributed by atoms with E-state index in [1.807, 2.05) is 31.2 Å². The van der Waals surface area contributed by atoms with Gasteiger partial charge in [0.2, 0.25) is 5.78 Å². The Morgan fingerprint density at radius 2 is 1.76 bits per heavy atom. The molecule has 4 nitrogen and oxygen atoms in total. The summed E-state index contributed by atoms with van der Waals surface area (Å²) in [6.07, 6.45) is 1.71. The first-order valence-corrected chi connectivity index (χ1v) is 8.11. The summed E-state index contributed by atoms with van der Waals surface area (Å²) in [5.41, 5.74) is 1.90. The number of ketones is 1. The first-order valence-electron chi connectivity index (χ1n) is 8.11. The third-order valence-electron chi connectivity index (χ3n) is 3.84. The number of fused-ring (bicyclic) bond motifs is 1. The zero-order chi connectivity index (χ0) is 18.2. The number of carbonyl (C=O) groups is 2. The van der Waals surface area contributed by atoms with Gasteiger partial charge in [-0.15, -0.1) is 0 Å². The molecule has 0 atom stereocenters. The average Bonchev–Trinajstić information content (AvgIpc) is 2.84. The smallest absolute Gasteiger partial charge is 0.316 e. The molecule has 128 valence electrons. The van der Waals surface area contributed by atoms with Crippen LogP contribution in [0.2, 0.25) is 0 Å². The molecular weight excluding hydrogens is 316 g/mol. The first kappa shape index (κ1) is 17.0. The molecule has 1 aliphatic heterocycles. The van der Waals surface area contributed by atoms with Crippen LogP contribution in [0.25, 0.3) is 6.08 Å². The summed E-state index contributed by atoms with van der Waals surface area (Å²) in [5, 5.41) is 0. The highest BCUT2D eigenvalue weighted by Gasteiger charge is 2.29. The minimum absolute atomic E-state index is 0.177. The van der Waals surface area contributed by atoms with Crippen molar-refractivity contribution in [1.29, 1.82) is 0 Å². The normalized spacial score (nSPS) is 15.0. The van der Waals surface area contributed by atoms with Gasteiger partial charge in [-0.25, -0.2) is 0 Å². The van der Waals surface area contributed by atoms with Crippen molar-refractivity contribution in [3.63, 3.8) is 0 Å². The number of carbonyl (C=O) groups excluding carboxylic acids is 2. The number of hydrogen-bond donors (Lipinski definition) is 0. The summed E-state index contributed by atoms with van der Waals surface area (Å²) in [6, 6.07) is 12.6. The Labute approximate surface area is 147 Å². The van der Waals surface area contributed by atoms with Gasteiger partial charge in [-0.3, -0.25) is 9.59 Å². The highest BCUT2D eigenvalue weighted by molar-refractivity contribution is 6.14. The van der Waals surface area contributed by atoms with Gasteiger partial charge in [0.1, 0.15) is 11.5 Å². The summed E-state index contributed by atoms with van der Waals surface area (Å²) < 4.78 is 11.0. The predicted molar refractivity (Wildman–Crippen MR) is 95.6 cm³/mol. The Kier molecular flexibility index (Phi) is 4.21. The van der Waals surface area contributed by atoms with Crippen molar-refractivity contribution in [2.75, 3.05) is 0 Å². The number of Topliss-reactive ketones (excluding diaryl/α,β-unsaturated/α-hetero) is 1. The van der Waals surface area contributed by atoms with Crippen LogP contribution in [0.1, 0.15) is 42.3 Å². The maximum atomic E-state index is 12.5. The van der Waals surface area contributed by atoms with Gasteiger partial charge < -0.3 is 9.47 Å². The molecule has 0 spiro atoms. The molecule has 1 aliphatic rings. The summed E-state index contributed by atoms with van der Waals surface area (Å²) in [7, 11) is 0. The minimum Gasteiger partial charge on any atom is -0.452 e. The fourth-order valence-electron chi connectivity index (χ4n) is 2.30. The van der Waals surface area contributed by atoms with Crippen molar-refractivity contribution in [3.05, 3.63) is 64.9 Å². The van der Waals surface area contributed by atoms with Gasteiger partial charge in [-0.1, -0.05) is 29.8 Å². The van der Waals surface area contributed by atoms with Crippen LogP contribution < -0.4 is 9.47 Å². The third kappa shape index (κ3) is 3.63. The van der Waals surface area contributed by atoms with E-state index >= 15 is 0 Å². The Bertz CT molecular complexity index is 868. The number of rotatable bonds is 2. The molecule has 3 rings (SSSR count). The molecular formula is C21H20O4. The number of ether oxygens (including phenoxy) is 2. The van der Waals surface area contributed by atoms with Crippen LogP contribution in [0, 0.1) is 12.3 Å². The summed E-state index contributed by atoms with van der Waals surface area (Å²) in [4.78, 5) is 24.4. The zero-order valence-electron chi connectivity index (χ0n) is 14.8. The summed E-state index contributed by atoms with van der Waals surface area (Å²) in [6.45, 7) is 7.35. The lowest BCUT2D eigenvalue weighted by Gasteiger charge is -2.16. The number of hydrogen-bond acceptors (Lipinski definition) is 4. The first-order chi connectivity index (χ1) is 11.7. The van der Waals surface area contributed by atoms with Crippen LogP contribution in [-0.2, 0) is 4.79 Å². The largest absolute Gasteiger partial charge is 0.452 e. The SMILES string of the molecule is Cc1ccc(/C=C2\Oc3cc(OC(=O)C(C)(C)C)ccc3C2=O)cc1. The highest BCUT2D eigenvalue weighted by Crippen LogP contribution is 2.35. The second kappa shape index (κ2) is 6.20. The van der Waals surface area contributed by atoms with Crippen molar-refractivity contribution in [1.82, 2.24) is 0 Å². The third-order valence-corrected chi connectivity index (χ3v) is 3.84. The number of benzene rings is 2. The van der Waals surface area contributed by atoms with E-state index in [1.54, 1.807) is 45.0 Å². The van der Waals surface area contributed by atoms with E-state index in [4.69, 9.17) is 9.47 Å². The second-order valence-corrected chi connectivity index (χ2v) is 7.15. The molecule has 2 aromatic carbocycles. The molecule has 25 heavy (non-hydrogen) atoms. The molecule has 2 aromatic rings.